The van der Waals surface area contributed by atoms with Gasteiger partial charge in [0.1, 0.15) is 0 Å². The van der Waals surface area contributed by atoms with Crippen molar-refractivity contribution < 1.29 is 14.0 Å². The Balaban J connectivity index is 0.00000228. The predicted molar refractivity (Wildman–Crippen MR) is 166 cm³/mol. The number of benzene rings is 2. The zero-order valence-electron chi connectivity index (χ0n) is 23.4. The summed E-state index contributed by atoms with van der Waals surface area (Å²) in [7, 11) is 2.40. The van der Waals surface area contributed by atoms with Gasteiger partial charge in [0.05, 0.1) is 0 Å². The molecule has 4 rings (SSSR count). The topological polar surface area (TPSA) is 0 Å². The Morgan fingerprint density at radius 1 is 0.583 bits per heavy atom. The van der Waals surface area contributed by atoms with Crippen molar-refractivity contribution in [2.45, 2.75) is 64.8 Å². The molecule has 0 saturated heterocycles. The van der Waals surface area contributed by atoms with Crippen molar-refractivity contribution in [2.24, 2.45) is 10.8 Å². The van der Waals surface area contributed by atoms with Crippen molar-refractivity contribution in [3.05, 3.63) is 103 Å². The van der Waals surface area contributed by atoms with Crippen LogP contribution in [-0.2, 0) is 14.0 Å². The molecule has 2 aromatic rings. The van der Waals surface area contributed by atoms with Gasteiger partial charge in [0.15, 0.2) is 0 Å². The standard InChI is InChI=1S/2C15H17.2CH3.2ClH.H2Si.Ti/c2*1-15(2,3)14-10-9-13(11-14)12-7-5-4-6-8-12;;;;;;/h2*4-8,11H,9H2,1-3H3;2*1H3;2*1H;1H2;. The van der Waals surface area contributed by atoms with Crippen molar-refractivity contribution in [3.8, 4) is 0 Å². The monoisotopic (exact) mass is 574 g/mol. The van der Waals surface area contributed by atoms with Gasteiger partial charge in [-0.1, -0.05) is 0 Å². The van der Waals surface area contributed by atoms with Crippen LogP contribution in [0.1, 0.15) is 65.5 Å². The molecule has 0 bridgehead atoms. The van der Waals surface area contributed by atoms with Gasteiger partial charge in [-0.25, -0.2) is 0 Å². The van der Waals surface area contributed by atoms with E-state index >= 15 is 0 Å². The molecule has 194 valence electrons. The van der Waals surface area contributed by atoms with Gasteiger partial charge >= 0.3 is 211 Å². The SMILES string of the molecule is CC(C)(C)C1=[C]([Ti]([CH3])([CH3])(=[SiH2])[C]2=C(C(C)(C)C)C=C(c3ccccc3)C2)CC(c2ccccc2)=C1.Cl.Cl. The van der Waals surface area contributed by atoms with Crippen molar-refractivity contribution in [2.75, 3.05) is 0 Å². The summed E-state index contributed by atoms with van der Waals surface area (Å²) in [4.78, 5) is 0. The molecule has 4 heteroatoms. The van der Waals surface area contributed by atoms with E-state index in [1.54, 1.807) is 18.9 Å². The molecule has 2 aromatic carbocycles. The van der Waals surface area contributed by atoms with Gasteiger partial charge in [-0.3, -0.25) is 0 Å². The van der Waals surface area contributed by atoms with Crippen molar-refractivity contribution in [1.82, 2.24) is 0 Å². The van der Waals surface area contributed by atoms with Gasteiger partial charge in [-0.15, -0.1) is 24.8 Å². The van der Waals surface area contributed by atoms with Gasteiger partial charge in [-0.2, -0.15) is 0 Å². The van der Waals surface area contributed by atoms with Gasteiger partial charge in [0, 0.05) is 0 Å². The van der Waals surface area contributed by atoms with Crippen molar-refractivity contribution in [1.29, 1.82) is 0 Å². The summed E-state index contributed by atoms with van der Waals surface area (Å²) < 4.78 is 3.56. The molecule has 0 aliphatic heterocycles. The van der Waals surface area contributed by atoms with E-state index in [0.717, 1.165) is 12.8 Å². The maximum Gasteiger partial charge on any atom is -0.147 e. The molecule has 36 heavy (non-hydrogen) atoms. The van der Waals surface area contributed by atoms with E-state index in [9.17, 15) is 0 Å². The van der Waals surface area contributed by atoms with Crippen LogP contribution in [0.15, 0.2) is 91.7 Å². The molecule has 0 aromatic heterocycles. The fourth-order valence-electron chi connectivity index (χ4n) is 5.82. The molecular formula is C32H44Cl2SiTi. The fourth-order valence-corrected chi connectivity index (χ4v) is 15.5. The molecule has 0 saturated carbocycles. The fraction of sp³-hybridized carbons (Fsp3) is 0.375. The van der Waals surface area contributed by atoms with E-state index in [0.29, 0.717) is 0 Å². The molecule has 0 amide bonds. The molecule has 0 N–H and O–H groups in total. The summed E-state index contributed by atoms with van der Waals surface area (Å²) in [5.74, 6) is 0. The van der Waals surface area contributed by atoms with E-state index < -0.39 is 14.0 Å². The summed E-state index contributed by atoms with van der Waals surface area (Å²) in [6.45, 7) is 14.4. The summed E-state index contributed by atoms with van der Waals surface area (Å²) in [5.41, 5.74) is 9.22. The Morgan fingerprint density at radius 3 is 1.17 bits per heavy atom. The first-order chi connectivity index (χ1) is 15.7. The minimum absolute atomic E-state index is 0. The second kappa shape index (κ2) is 10.6. The smallest absolute Gasteiger partial charge is 0.147 e. The maximum atomic E-state index is 2.70. The Labute approximate surface area is 234 Å². The number of hydrogen-bond donors (Lipinski definition) is 0. The Kier molecular flexibility index (Phi) is 9.15. The van der Waals surface area contributed by atoms with Crippen LogP contribution in [-0.4, -0.2) is 7.63 Å². The number of allylic oxidation sites excluding steroid dienone is 8. The van der Waals surface area contributed by atoms with Gasteiger partial charge in [-0.05, 0) is 0 Å². The van der Waals surface area contributed by atoms with E-state index in [1.807, 2.05) is 0 Å². The molecule has 0 heterocycles. The van der Waals surface area contributed by atoms with Crippen LogP contribution in [0.3, 0.4) is 0 Å². The molecule has 2 aliphatic rings. The van der Waals surface area contributed by atoms with Crippen LogP contribution in [0, 0.1) is 10.8 Å². The second-order valence-corrected chi connectivity index (χ2v) is 32.4. The van der Waals surface area contributed by atoms with Crippen molar-refractivity contribution >= 4 is 43.6 Å². The molecule has 0 unspecified atom stereocenters. The average Bonchev–Trinajstić information content (AvgIpc) is 3.41. The number of rotatable bonds is 4. The Bertz CT molecular complexity index is 1210. The first-order valence-corrected chi connectivity index (χ1v) is 21.4. The third-order valence-electron chi connectivity index (χ3n) is 7.86. The number of hydrogen-bond acceptors (Lipinski definition) is 0. The molecular weight excluding hydrogens is 531 g/mol. The van der Waals surface area contributed by atoms with Crippen molar-refractivity contribution in [3.63, 3.8) is 0 Å². The largest absolute Gasteiger partial charge is 0.147 e. The van der Waals surface area contributed by atoms with Crippen LogP contribution < -0.4 is 0 Å². The van der Waals surface area contributed by atoms with E-state index in [-0.39, 0.29) is 35.6 Å². The first-order valence-electron chi connectivity index (χ1n) is 12.7. The average molecular weight is 576 g/mol. The minimum atomic E-state index is -3.24. The zero-order valence-corrected chi connectivity index (χ0v) is 28.0. The first kappa shape index (κ1) is 31.1. The second-order valence-electron chi connectivity index (χ2n) is 13.4. The molecule has 0 radical (unpaired) electrons. The predicted octanol–water partition coefficient (Wildman–Crippen LogP) is 9.74. The van der Waals surface area contributed by atoms with Crippen LogP contribution in [0.2, 0.25) is 10.5 Å². The Morgan fingerprint density at radius 2 is 0.889 bits per heavy atom. The third kappa shape index (κ3) is 5.97. The molecule has 0 fully saturated rings. The minimum Gasteiger partial charge on any atom is -0.147 e. The van der Waals surface area contributed by atoms with Crippen LogP contribution in [0.5, 0.6) is 0 Å². The molecule has 0 atom stereocenters. The normalized spacial score (nSPS) is 16.9. The summed E-state index contributed by atoms with van der Waals surface area (Å²) in [5, 5.41) is 5.39. The van der Waals surface area contributed by atoms with Crippen LogP contribution in [0.25, 0.3) is 11.1 Å². The maximum absolute atomic E-state index is 3.24. The summed E-state index contributed by atoms with van der Waals surface area (Å²) in [6.07, 6.45) is 7.30. The van der Waals surface area contributed by atoms with Gasteiger partial charge in [0.25, 0.3) is 0 Å². The zero-order chi connectivity index (χ0) is 25.0. The molecule has 0 nitrogen and oxygen atoms in total. The molecule has 0 spiro atoms. The van der Waals surface area contributed by atoms with Gasteiger partial charge in [0.2, 0.25) is 0 Å². The quantitative estimate of drug-likeness (QED) is 0.319. The van der Waals surface area contributed by atoms with Crippen LogP contribution in [0.4, 0.5) is 0 Å². The van der Waals surface area contributed by atoms with E-state index in [1.165, 1.54) is 22.3 Å². The van der Waals surface area contributed by atoms with Gasteiger partial charge < -0.3 is 0 Å². The summed E-state index contributed by atoms with van der Waals surface area (Å²) >= 11 is -3.24. The third-order valence-corrected chi connectivity index (χ3v) is 18.8. The Hall–Kier alpha value is -1.09. The summed E-state index contributed by atoms with van der Waals surface area (Å²) in [6, 6.07) is 22.1. The van der Waals surface area contributed by atoms with E-state index in [4.69, 9.17) is 0 Å². The number of halogens is 2. The molecule has 2 aliphatic carbocycles. The van der Waals surface area contributed by atoms with E-state index in [2.05, 4.69) is 132 Å². The van der Waals surface area contributed by atoms with Crippen LogP contribution >= 0.6 is 24.8 Å².